The molecule has 0 heterocycles. The lowest BCUT2D eigenvalue weighted by atomic mass is 10.1. The highest BCUT2D eigenvalue weighted by Gasteiger charge is 2.16. The van der Waals surface area contributed by atoms with E-state index in [0.29, 0.717) is 23.6 Å². The van der Waals surface area contributed by atoms with E-state index in [1.54, 1.807) is 43.4 Å². The van der Waals surface area contributed by atoms with Gasteiger partial charge in [-0.1, -0.05) is 42.5 Å². The number of amides is 1. The van der Waals surface area contributed by atoms with E-state index in [4.69, 9.17) is 4.74 Å². The summed E-state index contributed by atoms with van der Waals surface area (Å²) < 4.78 is 5.79. The molecule has 0 aliphatic carbocycles. The molecule has 0 atom stereocenters. The SMILES string of the molecule is CNc1cc(OCc2ccccc2)ccc1C(=O)Nc1ccccc1C(=O)O. The van der Waals surface area contributed by atoms with Crippen LogP contribution in [-0.4, -0.2) is 24.0 Å². The van der Waals surface area contributed by atoms with Crippen LogP contribution in [0, 0.1) is 0 Å². The lowest BCUT2D eigenvalue weighted by molar-refractivity contribution is 0.0698. The molecule has 3 N–H and O–H groups in total. The van der Waals surface area contributed by atoms with Gasteiger partial charge in [-0.2, -0.15) is 0 Å². The zero-order valence-electron chi connectivity index (χ0n) is 15.3. The average Bonchev–Trinajstić information content (AvgIpc) is 2.73. The summed E-state index contributed by atoms with van der Waals surface area (Å²) >= 11 is 0. The molecule has 0 radical (unpaired) electrons. The molecule has 0 aliphatic heterocycles. The van der Waals surface area contributed by atoms with Crippen molar-refractivity contribution in [2.24, 2.45) is 0 Å². The summed E-state index contributed by atoms with van der Waals surface area (Å²) in [6.07, 6.45) is 0. The van der Waals surface area contributed by atoms with Crippen molar-refractivity contribution in [1.29, 1.82) is 0 Å². The fourth-order valence-electron chi connectivity index (χ4n) is 2.73. The lowest BCUT2D eigenvalue weighted by Gasteiger charge is -2.13. The van der Waals surface area contributed by atoms with Crippen molar-refractivity contribution >= 4 is 23.3 Å². The summed E-state index contributed by atoms with van der Waals surface area (Å²) in [6.45, 7) is 0.418. The minimum Gasteiger partial charge on any atom is -0.489 e. The Hall–Kier alpha value is -3.80. The smallest absolute Gasteiger partial charge is 0.337 e. The van der Waals surface area contributed by atoms with Crippen LogP contribution in [0.5, 0.6) is 5.75 Å². The van der Waals surface area contributed by atoms with Crippen molar-refractivity contribution in [3.05, 3.63) is 89.5 Å². The van der Waals surface area contributed by atoms with Crippen LogP contribution in [0.1, 0.15) is 26.3 Å². The summed E-state index contributed by atoms with van der Waals surface area (Å²) in [5.74, 6) is -0.891. The molecule has 0 aromatic heterocycles. The fraction of sp³-hybridized carbons (Fsp3) is 0.0909. The Morgan fingerprint density at radius 2 is 1.61 bits per heavy atom. The highest BCUT2D eigenvalue weighted by atomic mass is 16.5. The molecule has 0 saturated carbocycles. The first-order valence-corrected chi connectivity index (χ1v) is 8.70. The number of benzene rings is 3. The number of hydrogen-bond acceptors (Lipinski definition) is 4. The van der Waals surface area contributed by atoms with Crippen LogP contribution < -0.4 is 15.4 Å². The van der Waals surface area contributed by atoms with Crippen LogP contribution in [-0.2, 0) is 6.61 Å². The third-order valence-electron chi connectivity index (χ3n) is 4.16. The van der Waals surface area contributed by atoms with Crippen molar-refractivity contribution in [3.63, 3.8) is 0 Å². The van der Waals surface area contributed by atoms with Gasteiger partial charge in [-0.3, -0.25) is 4.79 Å². The van der Waals surface area contributed by atoms with Crippen molar-refractivity contribution in [2.75, 3.05) is 17.7 Å². The van der Waals surface area contributed by atoms with Crippen LogP contribution in [0.3, 0.4) is 0 Å². The third-order valence-corrected chi connectivity index (χ3v) is 4.16. The Labute approximate surface area is 162 Å². The predicted molar refractivity (Wildman–Crippen MR) is 108 cm³/mol. The first-order valence-electron chi connectivity index (χ1n) is 8.70. The molecule has 6 heteroatoms. The van der Waals surface area contributed by atoms with Gasteiger partial charge in [0.1, 0.15) is 12.4 Å². The van der Waals surface area contributed by atoms with Gasteiger partial charge in [0.25, 0.3) is 5.91 Å². The minimum atomic E-state index is -1.10. The van der Waals surface area contributed by atoms with Crippen molar-refractivity contribution < 1.29 is 19.4 Å². The van der Waals surface area contributed by atoms with Gasteiger partial charge in [-0.05, 0) is 29.8 Å². The summed E-state index contributed by atoms with van der Waals surface area (Å²) in [6, 6.07) is 21.1. The first kappa shape index (κ1) is 19.0. The summed E-state index contributed by atoms with van der Waals surface area (Å²) in [5.41, 5.74) is 2.28. The van der Waals surface area contributed by atoms with Gasteiger partial charge in [-0.25, -0.2) is 4.79 Å². The van der Waals surface area contributed by atoms with E-state index in [2.05, 4.69) is 10.6 Å². The van der Waals surface area contributed by atoms with E-state index in [-0.39, 0.29) is 11.3 Å². The van der Waals surface area contributed by atoms with Gasteiger partial charge in [0.15, 0.2) is 0 Å². The summed E-state index contributed by atoms with van der Waals surface area (Å²) in [5, 5.41) is 14.9. The molecule has 0 bridgehead atoms. The summed E-state index contributed by atoms with van der Waals surface area (Å²) in [7, 11) is 1.71. The largest absolute Gasteiger partial charge is 0.489 e. The number of nitrogens with one attached hydrogen (secondary N) is 2. The number of hydrogen-bond donors (Lipinski definition) is 3. The Kier molecular flexibility index (Phi) is 5.91. The highest BCUT2D eigenvalue weighted by Crippen LogP contribution is 2.25. The second-order valence-electron chi connectivity index (χ2n) is 6.04. The van der Waals surface area contributed by atoms with Crippen LogP contribution in [0.4, 0.5) is 11.4 Å². The van der Waals surface area contributed by atoms with Gasteiger partial charge >= 0.3 is 5.97 Å². The number of carboxylic acids is 1. The second-order valence-corrected chi connectivity index (χ2v) is 6.04. The maximum atomic E-state index is 12.7. The fourth-order valence-corrected chi connectivity index (χ4v) is 2.73. The predicted octanol–water partition coefficient (Wildman–Crippen LogP) is 4.26. The average molecular weight is 376 g/mol. The molecule has 0 saturated heterocycles. The van der Waals surface area contributed by atoms with Crippen LogP contribution in [0.15, 0.2) is 72.8 Å². The maximum absolute atomic E-state index is 12.7. The molecule has 142 valence electrons. The number of carboxylic acid groups (broad SMARTS) is 1. The number of para-hydroxylation sites is 1. The van der Waals surface area contributed by atoms with Gasteiger partial charge in [-0.15, -0.1) is 0 Å². The number of ether oxygens (including phenoxy) is 1. The van der Waals surface area contributed by atoms with Crippen LogP contribution in [0.25, 0.3) is 0 Å². The standard InChI is InChI=1S/C22H20N2O4/c1-23-20-13-16(28-14-15-7-3-2-4-8-15)11-12-17(20)21(25)24-19-10-6-5-9-18(19)22(26)27/h2-13,23H,14H2,1H3,(H,24,25)(H,26,27). The monoisotopic (exact) mass is 376 g/mol. The van der Waals surface area contributed by atoms with Gasteiger partial charge < -0.3 is 20.5 Å². The Morgan fingerprint density at radius 1 is 0.893 bits per heavy atom. The van der Waals surface area contributed by atoms with Gasteiger partial charge in [0.05, 0.1) is 22.5 Å². The van der Waals surface area contributed by atoms with E-state index in [1.165, 1.54) is 6.07 Å². The molecule has 0 spiro atoms. The number of aromatic carboxylic acids is 1. The van der Waals surface area contributed by atoms with Gasteiger partial charge in [0.2, 0.25) is 0 Å². The number of carbonyl (C=O) groups excluding carboxylic acids is 1. The quantitative estimate of drug-likeness (QED) is 0.573. The Balaban J connectivity index is 1.76. The molecule has 0 aliphatic rings. The second kappa shape index (κ2) is 8.73. The normalized spacial score (nSPS) is 10.2. The van der Waals surface area contributed by atoms with E-state index in [9.17, 15) is 14.7 Å². The van der Waals surface area contributed by atoms with Crippen LogP contribution >= 0.6 is 0 Å². The van der Waals surface area contributed by atoms with Crippen molar-refractivity contribution in [1.82, 2.24) is 0 Å². The number of rotatable bonds is 7. The molecular weight excluding hydrogens is 356 g/mol. The highest BCUT2D eigenvalue weighted by molar-refractivity contribution is 6.10. The van der Waals surface area contributed by atoms with E-state index < -0.39 is 11.9 Å². The van der Waals surface area contributed by atoms with Crippen molar-refractivity contribution in [3.8, 4) is 5.75 Å². The maximum Gasteiger partial charge on any atom is 0.337 e. The topological polar surface area (TPSA) is 87.7 Å². The van der Waals surface area contributed by atoms with E-state index >= 15 is 0 Å². The molecule has 1 amide bonds. The van der Waals surface area contributed by atoms with E-state index in [1.807, 2.05) is 30.3 Å². The lowest BCUT2D eigenvalue weighted by Crippen LogP contribution is -2.16. The molecule has 3 aromatic rings. The van der Waals surface area contributed by atoms with Gasteiger partial charge in [0, 0.05) is 13.1 Å². The first-order chi connectivity index (χ1) is 13.6. The Morgan fingerprint density at radius 3 is 2.32 bits per heavy atom. The summed E-state index contributed by atoms with van der Waals surface area (Å²) in [4.78, 5) is 24.0. The molecule has 3 rings (SSSR count). The molecule has 28 heavy (non-hydrogen) atoms. The van der Waals surface area contributed by atoms with Crippen molar-refractivity contribution in [2.45, 2.75) is 6.61 Å². The molecule has 6 nitrogen and oxygen atoms in total. The zero-order chi connectivity index (χ0) is 19.9. The molecule has 0 unspecified atom stereocenters. The number of anilines is 2. The number of carbonyl (C=O) groups is 2. The van der Waals surface area contributed by atoms with Crippen LogP contribution in [0.2, 0.25) is 0 Å². The van der Waals surface area contributed by atoms with E-state index in [0.717, 1.165) is 5.56 Å². The molecular formula is C22H20N2O4. The Bertz CT molecular complexity index is 987. The third kappa shape index (κ3) is 4.48. The molecule has 3 aromatic carbocycles. The molecule has 0 fully saturated rings. The zero-order valence-corrected chi connectivity index (χ0v) is 15.3. The minimum absolute atomic E-state index is 0.0321.